The maximum atomic E-state index is 13.4. The van der Waals surface area contributed by atoms with E-state index in [0.29, 0.717) is 5.82 Å². The lowest BCUT2D eigenvalue weighted by atomic mass is 10.1. The molecule has 0 saturated heterocycles. The first-order valence-electron chi connectivity index (χ1n) is 5.59. The number of hydrogen-bond donors (Lipinski definition) is 3. The lowest BCUT2D eigenvalue weighted by Gasteiger charge is -2.07. The van der Waals surface area contributed by atoms with E-state index in [9.17, 15) is 13.6 Å². The molecule has 0 unspecified atom stereocenters. The van der Waals surface area contributed by atoms with Crippen LogP contribution in [-0.2, 0) is 13.6 Å². The number of amides is 1. The maximum Gasteiger partial charge on any atom is 0.251 e. The number of hydrazine groups is 1. The van der Waals surface area contributed by atoms with Crippen LogP contribution >= 0.6 is 0 Å². The van der Waals surface area contributed by atoms with E-state index in [4.69, 9.17) is 5.84 Å². The predicted molar refractivity (Wildman–Crippen MR) is 66.3 cm³/mol. The summed E-state index contributed by atoms with van der Waals surface area (Å²) in [6, 6.07) is 1.78. The van der Waals surface area contributed by atoms with Gasteiger partial charge in [-0.1, -0.05) is 0 Å². The minimum absolute atomic E-state index is 0.0554. The van der Waals surface area contributed by atoms with Gasteiger partial charge in [0.2, 0.25) is 0 Å². The Hall–Kier alpha value is -2.55. The number of anilines is 1. The van der Waals surface area contributed by atoms with Crippen LogP contribution in [0.3, 0.4) is 0 Å². The molecular weight excluding hydrogens is 270 g/mol. The molecule has 0 atom stereocenters. The fourth-order valence-electron chi connectivity index (χ4n) is 1.57. The zero-order valence-electron chi connectivity index (χ0n) is 10.5. The van der Waals surface area contributed by atoms with E-state index >= 15 is 0 Å². The molecule has 7 nitrogen and oxygen atoms in total. The van der Waals surface area contributed by atoms with Gasteiger partial charge in [0.25, 0.3) is 5.91 Å². The van der Waals surface area contributed by atoms with Gasteiger partial charge in [0, 0.05) is 12.6 Å². The normalized spacial score (nSPS) is 10.4. The van der Waals surface area contributed by atoms with Crippen molar-refractivity contribution >= 4 is 11.6 Å². The Morgan fingerprint density at radius 1 is 1.40 bits per heavy atom. The lowest BCUT2D eigenvalue weighted by molar-refractivity contribution is 0.0949. The molecule has 0 aliphatic heterocycles. The molecule has 0 radical (unpaired) electrons. The second kappa shape index (κ2) is 5.61. The summed E-state index contributed by atoms with van der Waals surface area (Å²) in [4.78, 5) is 15.7. The Labute approximate surface area is 112 Å². The van der Waals surface area contributed by atoms with Gasteiger partial charge in [0.05, 0.1) is 6.54 Å². The summed E-state index contributed by atoms with van der Waals surface area (Å²) in [5.74, 6) is 2.82. The molecule has 0 aliphatic carbocycles. The minimum Gasteiger partial charge on any atom is -0.345 e. The summed E-state index contributed by atoms with van der Waals surface area (Å²) >= 11 is 0. The van der Waals surface area contributed by atoms with E-state index < -0.39 is 23.2 Å². The monoisotopic (exact) mass is 282 g/mol. The van der Waals surface area contributed by atoms with Crippen LogP contribution in [0.4, 0.5) is 14.5 Å². The Bertz CT molecular complexity index is 619. The predicted octanol–water partition coefficient (Wildman–Crippen LogP) is 0.309. The zero-order chi connectivity index (χ0) is 14.7. The Balaban J connectivity index is 2.09. The van der Waals surface area contributed by atoms with Crippen molar-refractivity contribution in [2.24, 2.45) is 12.9 Å². The van der Waals surface area contributed by atoms with Crippen LogP contribution in [0.25, 0.3) is 0 Å². The number of aromatic nitrogens is 3. The molecule has 2 rings (SSSR count). The van der Waals surface area contributed by atoms with Crippen LogP contribution in [0.1, 0.15) is 16.2 Å². The molecule has 0 spiro atoms. The molecule has 0 aliphatic rings. The molecule has 0 bridgehead atoms. The van der Waals surface area contributed by atoms with Crippen molar-refractivity contribution in [1.82, 2.24) is 20.1 Å². The highest BCUT2D eigenvalue weighted by Gasteiger charge is 2.14. The van der Waals surface area contributed by atoms with Crippen molar-refractivity contribution in [3.63, 3.8) is 0 Å². The molecule has 0 fully saturated rings. The second-order valence-electron chi connectivity index (χ2n) is 3.98. The summed E-state index contributed by atoms with van der Waals surface area (Å²) in [6.07, 6.45) is 1.47. The molecule has 20 heavy (non-hydrogen) atoms. The summed E-state index contributed by atoms with van der Waals surface area (Å²) in [5, 5.41) is 6.41. The fraction of sp³-hybridized carbons (Fsp3) is 0.182. The van der Waals surface area contributed by atoms with Gasteiger partial charge in [-0.2, -0.15) is 5.10 Å². The van der Waals surface area contributed by atoms with Crippen LogP contribution in [0, 0.1) is 11.6 Å². The third kappa shape index (κ3) is 2.88. The van der Waals surface area contributed by atoms with Gasteiger partial charge < -0.3 is 10.7 Å². The summed E-state index contributed by atoms with van der Waals surface area (Å²) in [5.41, 5.74) is 1.24. The van der Waals surface area contributed by atoms with Crippen LogP contribution < -0.4 is 16.6 Å². The number of hydrogen-bond acceptors (Lipinski definition) is 5. The maximum absolute atomic E-state index is 13.4. The molecule has 1 amide bonds. The summed E-state index contributed by atoms with van der Waals surface area (Å²) in [6.45, 7) is 0.0554. The first-order chi connectivity index (χ1) is 9.51. The minimum atomic E-state index is -0.950. The Kier molecular flexibility index (Phi) is 3.89. The summed E-state index contributed by atoms with van der Waals surface area (Å²) in [7, 11) is 1.68. The highest BCUT2D eigenvalue weighted by Crippen LogP contribution is 2.19. The van der Waals surface area contributed by atoms with Gasteiger partial charge in [0.15, 0.2) is 17.5 Å². The topological polar surface area (TPSA) is 97.9 Å². The number of rotatable bonds is 4. The van der Waals surface area contributed by atoms with Gasteiger partial charge in [0.1, 0.15) is 12.0 Å². The molecular formula is C11H12F2N6O. The van der Waals surface area contributed by atoms with Crippen molar-refractivity contribution in [3.8, 4) is 0 Å². The number of halogens is 2. The third-order valence-corrected chi connectivity index (χ3v) is 2.50. The van der Waals surface area contributed by atoms with Gasteiger partial charge in [-0.3, -0.25) is 15.3 Å². The number of nitrogens with two attached hydrogens (primary N) is 1. The molecule has 0 saturated carbocycles. The molecule has 1 aromatic heterocycles. The zero-order valence-corrected chi connectivity index (χ0v) is 10.5. The molecule has 1 aromatic carbocycles. The lowest BCUT2D eigenvalue weighted by Crippen LogP contribution is -2.24. The largest absolute Gasteiger partial charge is 0.345 e. The Morgan fingerprint density at radius 2 is 2.05 bits per heavy atom. The molecule has 9 heteroatoms. The quantitative estimate of drug-likeness (QED) is 0.554. The molecule has 1 heterocycles. The van der Waals surface area contributed by atoms with Crippen molar-refractivity contribution in [2.45, 2.75) is 6.54 Å². The number of nitrogens with zero attached hydrogens (tertiary/aromatic N) is 3. The second-order valence-corrected chi connectivity index (χ2v) is 3.98. The molecule has 2 aromatic rings. The third-order valence-electron chi connectivity index (χ3n) is 2.50. The number of nitrogen functional groups attached to an aromatic ring is 1. The highest BCUT2D eigenvalue weighted by atomic mass is 19.1. The van der Waals surface area contributed by atoms with Crippen LogP contribution in [0.2, 0.25) is 0 Å². The highest BCUT2D eigenvalue weighted by molar-refractivity contribution is 5.94. The van der Waals surface area contributed by atoms with Gasteiger partial charge in [-0.15, -0.1) is 0 Å². The number of benzene rings is 1. The van der Waals surface area contributed by atoms with E-state index in [1.807, 2.05) is 5.43 Å². The van der Waals surface area contributed by atoms with Crippen molar-refractivity contribution in [3.05, 3.63) is 41.5 Å². The first-order valence-corrected chi connectivity index (χ1v) is 5.59. The van der Waals surface area contributed by atoms with E-state index in [1.165, 1.54) is 11.0 Å². The standard InChI is InChI=1S/C11H12F2N6O/c1-19-5-16-9(18-19)4-15-11(20)6-2-7(12)10(17-14)8(13)3-6/h2-3,5,17H,4,14H2,1H3,(H,15,20). The summed E-state index contributed by atoms with van der Waals surface area (Å²) < 4.78 is 28.4. The van der Waals surface area contributed by atoms with Crippen molar-refractivity contribution in [1.29, 1.82) is 0 Å². The van der Waals surface area contributed by atoms with Gasteiger partial charge in [-0.25, -0.2) is 13.8 Å². The van der Waals surface area contributed by atoms with Crippen molar-refractivity contribution < 1.29 is 13.6 Å². The van der Waals surface area contributed by atoms with Crippen molar-refractivity contribution in [2.75, 3.05) is 5.43 Å². The molecule has 106 valence electrons. The average molecular weight is 282 g/mol. The van der Waals surface area contributed by atoms with Crippen LogP contribution in [-0.4, -0.2) is 20.7 Å². The SMILES string of the molecule is Cn1cnc(CNC(=O)c2cc(F)c(NN)c(F)c2)n1. The van der Waals surface area contributed by atoms with E-state index in [2.05, 4.69) is 15.4 Å². The fourth-order valence-corrected chi connectivity index (χ4v) is 1.57. The number of carbonyl (C=O) groups is 1. The molecule has 4 N–H and O–H groups in total. The number of aryl methyl sites for hydroxylation is 1. The van der Waals surface area contributed by atoms with Crippen LogP contribution in [0.15, 0.2) is 18.5 Å². The van der Waals surface area contributed by atoms with E-state index in [1.54, 1.807) is 7.05 Å². The van der Waals surface area contributed by atoms with E-state index in [-0.39, 0.29) is 12.1 Å². The Morgan fingerprint density at radius 3 is 2.55 bits per heavy atom. The first kappa shape index (κ1) is 13.9. The number of nitrogens with one attached hydrogen (secondary N) is 2. The van der Waals surface area contributed by atoms with Gasteiger partial charge in [-0.05, 0) is 12.1 Å². The van der Waals surface area contributed by atoms with Gasteiger partial charge >= 0.3 is 0 Å². The average Bonchev–Trinajstić information content (AvgIpc) is 2.81. The number of carbonyl (C=O) groups excluding carboxylic acids is 1. The smallest absolute Gasteiger partial charge is 0.251 e. The van der Waals surface area contributed by atoms with Crippen LogP contribution in [0.5, 0.6) is 0 Å². The van der Waals surface area contributed by atoms with E-state index in [0.717, 1.165) is 12.1 Å².